The van der Waals surface area contributed by atoms with E-state index in [9.17, 15) is 23.3 Å². The summed E-state index contributed by atoms with van der Waals surface area (Å²) in [5.74, 6) is -0.0168. The molecule has 1 amide bonds. The molecule has 0 spiro atoms. The molecule has 9 heteroatoms. The van der Waals surface area contributed by atoms with E-state index in [-0.39, 0.29) is 28.3 Å². The minimum Gasteiger partial charge on any atom is -0.349 e. The zero-order chi connectivity index (χ0) is 19.3. The van der Waals surface area contributed by atoms with E-state index in [2.05, 4.69) is 5.32 Å². The van der Waals surface area contributed by atoms with E-state index in [1.165, 1.54) is 36.0 Å². The van der Waals surface area contributed by atoms with Crippen molar-refractivity contribution in [2.45, 2.75) is 22.8 Å². The molecule has 26 heavy (non-hydrogen) atoms. The second-order valence-corrected chi connectivity index (χ2v) is 8.73. The minimum atomic E-state index is -3.25. The highest BCUT2D eigenvalue weighted by molar-refractivity contribution is 8.00. The van der Waals surface area contributed by atoms with Crippen molar-refractivity contribution in [1.29, 1.82) is 0 Å². The summed E-state index contributed by atoms with van der Waals surface area (Å²) in [5.41, 5.74) is 0.802. The second-order valence-electron chi connectivity index (χ2n) is 5.67. The van der Waals surface area contributed by atoms with Crippen LogP contribution >= 0.6 is 11.8 Å². The third kappa shape index (κ3) is 5.57. The Kier molecular flexibility index (Phi) is 6.38. The number of benzene rings is 2. The molecule has 1 unspecified atom stereocenters. The SMILES string of the molecule is CC(NC(=O)CSc1ccc([N+](=O)[O-])cc1)c1ccc(S(C)(=O)=O)cc1. The summed E-state index contributed by atoms with van der Waals surface area (Å²) >= 11 is 1.28. The maximum Gasteiger partial charge on any atom is 0.269 e. The van der Waals surface area contributed by atoms with Crippen LogP contribution in [0.25, 0.3) is 0 Å². The molecule has 0 bridgehead atoms. The molecule has 0 aliphatic heterocycles. The van der Waals surface area contributed by atoms with Crippen LogP contribution in [0.4, 0.5) is 5.69 Å². The summed E-state index contributed by atoms with van der Waals surface area (Å²) in [7, 11) is -3.25. The monoisotopic (exact) mass is 394 g/mol. The Morgan fingerprint density at radius 2 is 1.73 bits per heavy atom. The molecule has 0 aliphatic carbocycles. The average molecular weight is 394 g/mol. The van der Waals surface area contributed by atoms with Gasteiger partial charge in [-0.05, 0) is 36.8 Å². The molecule has 0 aromatic heterocycles. The average Bonchev–Trinajstić information content (AvgIpc) is 2.59. The maximum atomic E-state index is 12.1. The van der Waals surface area contributed by atoms with E-state index in [1.54, 1.807) is 24.3 Å². The number of non-ortho nitro benzene ring substituents is 1. The Balaban J connectivity index is 1.89. The topological polar surface area (TPSA) is 106 Å². The Bertz CT molecular complexity index is 894. The molecular weight excluding hydrogens is 376 g/mol. The number of nitro benzene ring substituents is 1. The van der Waals surface area contributed by atoms with Gasteiger partial charge in [0.2, 0.25) is 5.91 Å². The highest BCUT2D eigenvalue weighted by atomic mass is 32.2. The summed E-state index contributed by atoms with van der Waals surface area (Å²) < 4.78 is 22.9. The number of hydrogen-bond donors (Lipinski definition) is 1. The third-order valence-corrected chi connectivity index (χ3v) is 5.74. The van der Waals surface area contributed by atoms with Gasteiger partial charge in [-0.2, -0.15) is 0 Å². The normalized spacial score (nSPS) is 12.4. The van der Waals surface area contributed by atoms with Crippen LogP contribution < -0.4 is 5.32 Å². The molecule has 1 N–H and O–H groups in total. The number of hydrogen-bond acceptors (Lipinski definition) is 6. The van der Waals surface area contributed by atoms with Crippen molar-refractivity contribution in [2.24, 2.45) is 0 Å². The first-order valence-corrected chi connectivity index (χ1v) is 10.5. The summed E-state index contributed by atoms with van der Waals surface area (Å²) in [6, 6.07) is 12.1. The number of carbonyl (C=O) groups is 1. The van der Waals surface area contributed by atoms with Crippen molar-refractivity contribution in [3.8, 4) is 0 Å². The largest absolute Gasteiger partial charge is 0.349 e. The molecular formula is C17H18N2O5S2. The smallest absolute Gasteiger partial charge is 0.269 e. The van der Waals surface area contributed by atoms with Gasteiger partial charge in [0.05, 0.1) is 21.6 Å². The first kappa shape index (κ1) is 19.9. The lowest BCUT2D eigenvalue weighted by Crippen LogP contribution is -2.28. The summed E-state index contributed by atoms with van der Waals surface area (Å²) in [4.78, 5) is 23.2. The van der Waals surface area contributed by atoms with Crippen LogP contribution in [0, 0.1) is 10.1 Å². The van der Waals surface area contributed by atoms with Crippen molar-refractivity contribution in [2.75, 3.05) is 12.0 Å². The van der Waals surface area contributed by atoms with Gasteiger partial charge in [0.15, 0.2) is 9.84 Å². The zero-order valence-electron chi connectivity index (χ0n) is 14.2. The number of sulfone groups is 1. The van der Waals surface area contributed by atoms with E-state index in [1.807, 2.05) is 6.92 Å². The Morgan fingerprint density at radius 1 is 1.15 bits per heavy atom. The number of nitro groups is 1. The number of nitrogens with zero attached hydrogens (tertiary/aromatic N) is 1. The fraction of sp³-hybridized carbons (Fsp3) is 0.235. The molecule has 2 aromatic carbocycles. The predicted octanol–water partition coefficient (Wildman–Crippen LogP) is 2.97. The van der Waals surface area contributed by atoms with Gasteiger partial charge in [-0.1, -0.05) is 12.1 Å². The fourth-order valence-electron chi connectivity index (χ4n) is 2.18. The maximum absolute atomic E-state index is 12.1. The van der Waals surface area contributed by atoms with Gasteiger partial charge in [-0.15, -0.1) is 11.8 Å². The van der Waals surface area contributed by atoms with Crippen molar-refractivity contribution in [3.63, 3.8) is 0 Å². The molecule has 138 valence electrons. The van der Waals surface area contributed by atoms with Crippen LogP contribution in [0.3, 0.4) is 0 Å². The van der Waals surface area contributed by atoms with E-state index in [4.69, 9.17) is 0 Å². The molecule has 0 heterocycles. The van der Waals surface area contributed by atoms with Gasteiger partial charge >= 0.3 is 0 Å². The van der Waals surface area contributed by atoms with E-state index in [0.717, 1.165) is 16.7 Å². The van der Waals surface area contributed by atoms with Gasteiger partial charge in [0, 0.05) is 23.3 Å². The lowest BCUT2D eigenvalue weighted by atomic mass is 10.1. The molecule has 2 rings (SSSR count). The van der Waals surface area contributed by atoms with Gasteiger partial charge < -0.3 is 5.32 Å². The second kappa shape index (κ2) is 8.33. The van der Waals surface area contributed by atoms with Crippen LogP contribution in [-0.2, 0) is 14.6 Å². The minimum absolute atomic E-state index is 0.00460. The van der Waals surface area contributed by atoms with E-state index < -0.39 is 14.8 Å². The van der Waals surface area contributed by atoms with Crippen LogP contribution in [-0.4, -0.2) is 31.3 Å². The van der Waals surface area contributed by atoms with Crippen molar-refractivity contribution < 1.29 is 18.1 Å². The number of rotatable bonds is 7. The lowest BCUT2D eigenvalue weighted by Gasteiger charge is -2.14. The molecule has 1 atom stereocenters. The summed E-state index contributed by atoms with van der Waals surface area (Å²) in [6.07, 6.45) is 1.14. The van der Waals surface area contributed by atoms with Crippen LogP contribution in [0.5, 0.6) is 0 Å². The van der Waals surface area contributed by atoms with Gasteiger partial charge in [-0.25, -0.2) is 8.42 Å². The molecule has 0 saturated heterocycles. The highest BCUT2D eigenvalue weighted by Gasteiger charge is 2.12. The number of carbonyl (C=O) groups excluding carboxylic acids is 1. The molecule has 2 aromatic rings. The van der Waals surface area contributed by atoms with Gasteiger partial charge in [0.1, 0.15) is 0 Å². The van der Waals surface area contributed by atoms with Crippen LogP contribution in [0.2, 0.25) is 0 Å². The molecule has 0 radical (unpaired) electrons. The fourth-order valence-corrected chi connectivity index (χ4v) is 3.52. The van der Waals surface area contributed by atoms with E-state index >= 15 is 0 Å². The molecule has 0 aliphatic rings. The van der Waals surface area contributed by atoms with Crippen LogP contribution in [0.1, 0.15) is 18.5 Å². The number of thioether (sulfide) groups is 1. The lowest BCUT2D eigenvalue weighted by molar-refractivity contribution is -0.384. The van der Waals surface area contributed by atoms with Crippen molar-refractivity contribution in [1.82, 2.24) is 5.32 Å². The summed E-state index contributed by atoms with van der Waals surface area (Å²) in [5, 5.41) is 13.4. The zero-order valence-corrected chi connectivity index (χ0v) is 15.8. The first-order valence-electron chi connectivity index (χ1n) is 7.63. The van der Waals surface area contributed by atoms with Crippen molar-refractivity contribution in [3.05, 3.63) is 64.2 Å². The summed E-state index contributed by atoms with van der Waals surface area (Å²) in [6.45, 7) is 1.81. The number of nitrogens with one attached hydrogen (secondary N) is 1. The van der Waals surface area contributed by atoms with Crippen molar-refractivity contribution >= 4 is 33.2 Å². The van der Waals surface area contributed by atoms with Gasteiger partial charge in [-0.3, -0.25) is 14.9 Å². The first-order chi connectivity index (χ1) is 12.2. The van der Waals surface area contributed by atoms with Gasteiger partial charge in [0.25, 0.3) is 5.69 Å². The predicted molar refractivity (Wildman–Crippen MR) is 99.9 cm³/mol. The third-order valence-electron chi connectivity index (χ3n) is 3.60. The Labute approximate surface area is 155 Å². The highest BCUT2D eigenvalue weighted by Crippen LogP contribution is 2.22. The van der Waals surface area contributed by atoms with Crippen LogP contribution in [0.15, 0.2) is 58.3 Å². The Morgan fingerprint density at radius 3 is 2.23 bits per heavy atom. The Hall–Kier alpha value is -2.39. The van der Waals surface area contributed by atoms with E-state index in [0.29, 0.717) is 0 Å². The molecule has 7 nitrogen and oxygen atoms in total. The standard InChI is InChI=1S/C17H18N2O5S2/c1-12(13-3-9-16(10-4-13)26(2,23)24)18-17(20)11-25-15-7-5-14(6-8-15)19(21)22/h3-10,12H,11H2,1-2H3,(H,18,20). The number of amides is 1. The molecule has 0 fully saturated rings. The molecule has 0 saturated carbocycles. The quantitative estimate of drug-likeness (QED) is 0.440.